The molecule has 10 nitrogen and oxygen atoms in total. The predicted octanol–water partition coefficient (Wildman–Crippen LogP) is 2.96. The lowest BCUT2D eigenvalue weighted by atomic mass is 9.84. The second kappa shape index (κ2) is 14.3. The van der Waals surface area contributed by atoms with E-state index in [9.17, 15) is 19.5 Å². The van der Waals surface area contributed by atoms with Gasteiger partial charge in [-0.05, 0) is 43.0 Å². The first-order chi connectivity index (χ1) is 20.1. The summed E-state index contributed by atoms with van der Waals surface area (Å²) >= 11 is 0. The van der Waals surface area contributed by atoms with E-state index in [1.54, 1.807) is 10.8 Å². The second-order valence-corrected chi connectivity index (χ2v) is 12.7. The minimum absolute atomic E-state index is 0.00283. The number of rotatable bonds is 15. The number of carbonyl (C=O) groups is 3. The van der Waals surface area contributed by atoms with E-state index in [0.29, 0.717) is 50.5 Å². The fourth-order valence-corrected chi connectivity index (χ4v) is 6.21. The van der Waals surface area contributed by atoms with Gasteiger partial charge in [0.15, 0.2) is 24.3 Å². The van der Waals surface area contributed by atoms with E-state index in [1.165, 1.54) is 0 Å². The van der Waals surface area contributed by atoms with Crippen LogP contribution in [0, 0.1) is 5.92 Å². The molecule has 0 saturated carbocycles. The smallest absolute Gasteiger partial charge is 0.390 e. The Balaban J connectivity index is 1.55. The summed E-state index contributed by atoms with van der Waals surface area (Å²) in [4.78, 5) is 43.1. The largest absolute Gasteiger partial charge is 0.481 e. The molecule has 1 fully saturated rings. The zero-order chi connectivity index (χ0) is 30.3. The van der Waals surface area contributed by atoms with Gasteiger partial charge in [0.1, 0.15) is 0 Å². The van der Waals surface area contributed by atoms with Crippen molar-refractivity contribution in [3.8, 4) is 11.5 Å². The highest BCUT2D eigenvalue weighted by molar-refractivity contribution is 5.81. The molecule has 1 saturated heterocycles. The first-order valence-electron chi connectivity index (χ1n) is 15.3. The Morgan fingerprint density at radius 2 is 1.88 bits per heavy atom. The number of quaternary nitrogens is 1. The molecule has 0 bridgehead atoms. The Morgan fingerprint density at radius 3 is 2.60 bits per heavy atom. The lowest BCUT2D eigenvalue weighted by Gasteiger charge is -2.30. The number of hydrogen-bond acceptors (Lipinski definition) is 6. The minimum Gasteiger partial charge on any atom is -0.481 e. The van der Waals surface area contributed by atoms with Crippen molar-refractivity contribution in [2.75, 3.05) is 67.2 Å². The number of benzene rings is 1. The summed E-state index contributed by atoms with van der Waals surface area (Å²) in [6.45, 7) is 5.72. The van der Waals surface area contributed by atoms with Gasteiger partial charge in [-0.1, -0.05) is 25.5 Å². The van der Waals surface area contributed by atoms with Crippen molar-refractivity contribution < 1.29 is 38.0 Å². The predicted molar refractivity (Wildman–Crippen MR) is 160 cm³/mol. The Kier molecular flexibility index (Phi) is 10.8. The molecule has 230 valence electrons. The molecule has 1 aromatic rings. The number of carboxylic acid groups (broad SMARTS) is 1. The molecule has 1 N–H and O–H groups in total. The molecule has 3 aliphatic rings. The van der Waals surface area contributed by atoms with Crippen LogP contribution < -0.4 is 9.47 Å². The average molecular weight is 585 g/mol. The van der Waals surface area contributed by atoms with Crippen LogP contribution in [0.1, 0.15) is 56.9 Å². The summed E-state index contributed by atoms with van der Waals surface area (Å²) in [5, 5.41) is 10.5. The number of allylic oxidation sites excluding steroid dienone is 1. The number of nitrogens with zero attached hydrogens (tertiary/aromatic N) is 4. The normalized spacial score (nSPS) is 22.0. The number of fused-ring (bicyclic) bond motifs is 1. The third-order valence-electron chi connectivity index (χ3n) is 8.52. The summed E-state index contributed by atoms with van der Waals surface area (Å²) in [5.41, 5.74) is 0.860. The molecule has 10 heteroatoms. The number of ether oxygens (including phenoxy) is 2. The molecule has 3 heterocycles. The lowest BCUT2D eigenvalue weighted by molar-refractivity contribution is -0.870. The maximum atomic E-state index is 13.8. The Hall–Kier alpha value is -3.24. The quantitative estimate of drug-likeness (QED) is 0.192. The number of likely N-dealkylation sites (tertiary alicyclic amines) is 1. The minimum atomic E-state index is -0.894. The highest BCUT2D eigenvalue weighted by atomic mass is 16.7. The van der Waals surface area contributed by atoms with Gasteiger partial charge in [0, 0.05) is 38.0 Å². The van der Waals surface area contributed by atoms with E-state index in [0.717, 1.165) is 42.3 Å². The molecule has 0 aromatic heterocycles. The van der Waals surface area contributed by atoms with Crippen LogP contribution in [-0.4, -0.2) is 121 Å². The highest BCUT2D eigenvalue weighted by Gasteiger charge is 2.48. The molecule has 0 unspecified atom stereocenters. The fourth-order valence-electron chi connectivity index (χ4n) is 6.21. The molecular weight excluding hydrogens is 536 g/mol. The zero-order valence-electron chi connectivity index (χ0n) is 25.7. The Labute approximate surface area is 249 Å². The van der Waals surface area contributed by atoms with Crippen LogP contribution in [0.15, 0.2) is 30.4 Å². The molecule has 0 aliphatic carbocycles. The molecule has 2 amide bonds. The van der Waals surface area contributed by atoms with Gasteiger partial charge in [0.05, 0.1) is 46.6 Å². The molecule has 1 aromatic carbocycles. The lowest BCUT2D eigenvalue weighted by Crippen LogP contribution is -2.45. The molecule has 4 rings (SSSR count). The van der Waals surface area contributed by atoms with Gasteiger partial charge in [-0.3, -0.25) is 14.5 Å². The maximum Gasteiger partial charge on any atom is 0.390 e. The van der Waals surface area contributed by atoms with Crippen molar-refractivity contribution in [2.24, 2.45) is 5.92 Å². The number of hydrogen-bond donors (Lipinski definition) is 1. The van der Waals surface area contributed by atoms with Crippen molar-refractivity contribution in [2.45, 2.75) is 57.4 Å². The van der Waals surface area contributed by atoms with E-state index in [4.69, 9.17) is 9.47 Å². The third-order valence-corrected chi connectivity index (χ3v) is 8.52. The van der Waals surface area contributed by atoms with E-state index < -0.39 is 17.9 Å². The Morgan fingerprint density at radius 1 is 1.12 bits per heavy atom. The zero-order valence-corrected chi connectivity index (χ0v) is 25.7. The standard InChI is InChI=1S/C32H47N4O6/c1-5-6-15-33(17-9-10-19-36(2,3)4)30(38)22-35-21-25(24-12-13-27-28(20-24)42-23-41-27)31(32(39)40)26(35)14-18-34-16-8-7-11-29(34)37/h7-8,12-13,16,20,25-26,31H,5-6,9-11,14-15,17-19,21-23H2,1-4H3/q+1/p+1/t25-,26+,31-/m1/s1. The Bertz CT molecular complexity index is 1190. The van der Waals surface area contributed by atoms with E-state index in [-0.39, 0.29) is 31.1 Å². The van der Waals surface area contributed by atoms with Crippen molar-refractivity contribution in [3.05, 3.63) is 35.9 Å². The summed E-state index contributed by atoms with van der Waals surface area (Å²) in [5.74, 6) is -0.658. The average Bonchev–Trinajstić information content (AvgIpc) is 3.55. The van der Waals surface area contributed by atoms with Gasteiger partial charge in [-0.25, -0.2) is 4.79 Å². The monoisotopic (exact) mass is 584 g/mol. The van der Waals surface area contributed by atoms with Crippen LogP contribution in [-0.2, 0) is 14.4 Å². The van der Waals surface area contributed by atoms with Gasteiger partial charge in [-0.15, -0.1) is 0 Å². The van der Waals surface area contributed by atoms with Gasteiger partial charge < -0.3 is 24.0 Å². The van der Waals surface area contributed by atoms with Crippen LogP contribution in [0.5, 0.6) is 11.5 Å². The van der Waals surface area contributed by atoms with Crippen LogP contribution in [0.4, 0.5) is 0 Å². The number of unbranched alkanes of at least 4 members (excludes halogenated alkanes) is 2. The SMILES string of the molecule is CCCCN(CCCC[N+](C)(C)C)C(=O)CN1C[C@H](c2ccc3c(c2)OCO3)[C@@H](C(=O)O)[C@@H]1CC[N+]1=CC=CCC1=O. The number of amides is 2. The van der Waals surface area contributed by atoms with Crippen molar-refractivity contribution in [1.29, 1.82) is 0 Å². The summed E-state index contributed by atoms with van der Waals surface area (Å²) in [6.07, 6.45) is 10.1. The van der Waals surface area contributed by atoms with Gasteiger partial charge in [0.25, 0.3) is 0 Å². The van der Waals surface area contributed by atoms with Crippen LogP contribution >= 0.6 is 0 Å². The highest BCUT2D eigenvalue weighted by Crippen LogP contribution is 2.42. The molecule has 0 radical (unpaired) electrons. The van der Waals surface area contributed by atoms with Crippen LogP contribution in [0.3, 0.4) is 0 Å². The molecule has 0 spiro atoms. The molecule has 3 aliphatic heterocycles. The van der Waals surface area contributed by atoms with E-state index in [2.05, 4.69) is 28.1 Å². The van der Waals surface area contributed by atoms with Crippen LogP contribution in [0.2, 0.25) is 0 Å². The topological polar surface area (TPSA) is 99.4 Å². The van der Waals surface area contributed by atoms with Crippen molar-refractivity contribution in [3.63, 3.8) is 0 Å². The molecule has 3 atom stereocenters. The number of aliphatic carboxylic acids is 1. The third kappa shape index (κ3) is 8.19. The number of carbonyl (C=O) groups excluding carboxylic acids is 2. The number of carboxylic acids is 1. The summed E-state index contributed by atoms with van der Waals surface area (Å²) in [7, 11) is 6.53. The van der Waals surface area contributed by atoms with Gasteiger partial charge >= 0.3 is 11.9 Å². The van der Waals surface area contributed by atoms with Gasteiger partial charge in [0.2, 0.25) is 12.7 Å². The van der Waals surface area contributed by atoms with Crippen LogP contribution in [0.25, 0.3) is 0 Å². The first kappa shape index (κ1) is 31.7. The second-order valence-electron chi connectivity index (χ2n) is 12.7. The summed E-state index contributed by atoms with van der Waals surface area (Å²) < 4.78 is 13.6. The van der Waals surface area contributed by atoms with Gasteiger partial charge in [-0.2, -0.15) is 4.58 Å². The molecular formula is C32H48N4O6+2. The maximum absolute atomic E-state index is 13.8. The first-order valence-corrected chi connectivity index (χ1v) is 15.3. The molecule has 42 heavy (non-hydrogen) atoms. The van der Waals surface area contributed by atoms with Crippen molar-refractivity contribution >= 4 is 24.0 Å². The fraction of sp³-hybridized carbons (Fsp3) is 0.625. The van der Waals surface area contributed by atoms with E-state index >= 15 is 0 Å². The van der Waals surface area contributed by atoms with Crippen molar-refractivity contribution in [1.82, 2.24) is 9.80 Å². The van der Waals surface area contributed by atoms with E-state index in [1.807, 2.05) is 40.2 Å². The summed E-state index contributed by atoms with van der Waals surface area (Å²) in [6, 6.07) is 5.21.